The van der Waals surface area contributed by atoms with E-state index in [1.807, 2.05) is 25.1 Å². The van der Waals surface area contributed by atoms with Gasteiger partial charge in [-0.15, -0.1) is 11.8 Å². The molecule has 0 aliphatic carbocycles. The van der Waals surface area contributed by atoms with Crippen LogP contribution < -0.4 is 5.73 Å². The van der Waals surface area contributed by atoms with Crippen molar-refractivity contribution in [1.82, 2.24) is 9.97 Å². The quantitative estimate of drug-likeness (QED) is 0.483. The summed E-state index contributed by atoms with van der Waals surface area (Å²) in [5, 5.41) is 9.42. The zero-order valence-corrected chi connectivity index (χ0v) is 13.5. The molecule has 2 rings (SSSR count). The molecule has 0 atom stereocenters. The molecule has 1 aromatic carbocycles. The number of aryl methyl sites for hydroxylation is 2. The zero-order chi connectivity index (χ0) is 16.1. The molecule has 116 valence electrons. The second-order valence-corrected chi connectivity index (χ2v) is 6.23. The van der Waals surface area contributed by atoms with Crippen LogP contribution in [0.15, 0.2) is 29.3 Å². The number of hydrogen-bond acceptors (Lipinski definition) is 5. The van der Waals surface area contributed by atoms with E-state index < -0.39 is 5.97 Å². The van der Waals surface area contributed by atoms with E-state index in [1.54, 1.807) is 0 Å². The number of aliphatic carboxylic acids is 1. The third kappa shape index (κ3) is 4.46. The van der Waals surface area contributed by atoms with E-state index in [0.717, 1.165) is 21.8 Å². The van der Waals surface area contributed by atoms with Crippen LogP contribution in [-0.2, 0) is 4.79 Å². The monoisotopic (exact) mass is 317 g/mol. The van der Waals surface area contributed by atoms with E-state index in [0.29, 0.717) is 12.2 Å². The minimum Gasteiger partial charge on any atom is -0.481 e. The van der Waals surface area contributed by atoms with Gasteiger partial charge in [0.15, 0.2) is 0 Å². The molecule has 6 heteroatoms. The van der Waals surface area contributed by atoms with Gasteiger partial charge in [-0.05, 0) is 31.9 Å². The molecule has 0 aliphatic rings. The van der Waals surface area contributed by atoms with Gasteiger partial charge in [-0.1, -0.05) is 23.8 Å². The van der Waals surface area contributed by atoms with Crippen molar-refractivity contribution >= 4 is 23.7 Å². The van der Waals surface area contributed by atoms with Crippen molar-refractivity contribution in [3.05, 3.63) is 35.4 Å². The van der Waals surface area contributed by atoms with Crippen molar-refractivity contribution in [2.75, 3.05) is 11.5 Å². The lowest BCUT2D eigenvalue weighted by molar-refractivity contribution is -0.137. The first kappa shape index (κ1) is 16.3. The van der Waals surface area contributed by atoms with Gasteiger partial charge >= 0.3 is 5.97 Å². The highest BCUT2D eigenvalue weighted by molar-refractivity contribution is 7.99. The Balaban J connectivity index is 2.17. The Hall–Kier alpha value is -2.08. The topological polar surface area (TPSA) is 89.1 Å². The summed E-state index contributed by atoms with van der Waals surface area (Å²) in [6.07, 6.45) is 0.764. The van der Waals surface area contributed by atoms with Crippen molar-refractivity contribution < 1.29 is 9.90 Å². The van der Waals surface area contributed by atoms with Crippen molar-refractivity contribution in [2.24, 2.45) is 0 Å². The Bertz CT molecular complexity index is 689. The Labute approximate surface area is 134 Å². The molecular weight excluding hydrogens is 298 g/mol. The molecule has 0 radical (unpaired) electrons. The molecule has 0 saturated carbocycles. The predicted octanol–water partition coefficient (Wildman–Crippen LogP) is 3.30. The van der Waals surface area contributed by atoms with Crippen molar-refractivity contribution in [3.63, 3.8) is 0 Å². The van der Waals surface area contributed by atoms with E-state index in [4.69, 9.17) is 10.8 Å². The fourth-order valence-corrected chi connectivity index (χ4v) is 3.01. The summed E-state index contributed by atoms with van der Waals surface area (Å²) in [7, 11) is 0. The largest absolute Gasteiger partial charge is 0.481 e. The Kier molecular flexibility index (Phi) is 5.38. The molecule has 0 amide bonds. The predicted molar refractivity (Wildman–Crippen MR) is 88.9 cm³/mol. The van der Waals surface area contributed by atoms with Crippen LogP contribution in [-0.4, -0.2) is 26.8 Å². The number of nitrogen functional groups attached to an aromatic ring is 1. The maximum absolute atomic E-state index is 10.5. The molecule has 2 aromatic rings. The highest BCUT2D eigenvalue weighted by atomic mass is 32.2. The van der Waals surface area contributed by atoms with Crippen molar-refractivity contribution in [1.29, 1.82) is 0 Å². The number of hydrogen-bond donors (Lipinski definition) is 2. The minimum absolute atomic E-state index is 0.164. The smallest absolute Gasteiger partial charge is 0.303 e. The van der Waals surface area contributed by atoms with Gasteiger partial charge in [0.1, 0.15) is 5.03 Å². The minimum atomic E-state index is -0.779. The maximum atomic E-state index is 10.5. The van der Waals surface area contributed by atoms with Gasteiger partial charge in [0, 0.05) is 17.7 Å². The number of carbonyl (C=O) groups is 1. The van der Waals surface area contributed by atoms with E-state index in [-0.39, 0.29) is 12.4 Å². The second-order valence-electron chi connectivity index (χ2n) is 5.11. The van der Waals surface area contributed by atoms with Crippen LogP contribution in [0, 0.1) is 13.8 Å². The van der Waals surface area contributed by atoms with E-state index in [2.05, 4.69) is 23.0 Å². The molecule has 0 bridgehead atoms. The molecule has 0 spiro atoms. The van der Waals surface area contributed by atoms with Crippen LogP contribution in [0.1, 0.15) is 24.0 Å². The van der Waals surface area contributed by atoms with E-state index in [9.17, 15) is 4.79 Å². The Morgan fingerprint density at radius 2 is 2.05 bits per heavy atom. The van der Waals surface area contributed by atoms with Gasteiger partial charge in [0.25, 0.3) is 0 Å². The third-order valence-corrected chi connectivity index (χ3v) is 4.16. The molecule has 1 aromatic heterocycles. The fraction of sp³-hybridized carbons (Fsp3) is 0.312. The highest BCUT2D eigenvalue weighted by Crippen LogP contribution is 2.27. The normalized spacial score (nSPS) is 10.6. The summed E-state index contributed by atoms with van der Waals surface area (Å²) >= 11 is 1.50. The van der Waals surface area contributed by atoms with Crippen LogP contribution >= 0.6 is 11.8 Å². The van der Waals surface area contributed by atoms with Gasteiger partial charge in [-0.2, -0.15) is 0 Å². The molecule has 0 aliphatic heterocycles. The Morgan fingerprint density at radius 1 is 1.27 bits per heavy atom. The van der Waals surface area contributed by atoms with Crippen LogP contribution in [0.5, 0.6) is 0 Å². The summed E-state index contributed by atoms with van der Waals surface area (Å²) in [5.74, 6) is 0.145. The lowest BCUT2D eigenvalue weighted by atomic mass is 10.0. The van der Waals surface area contributed by atoms with Crippen LogP contribution in [0.25, 0.3) is 11.3 Å². The summed E-state index contributed by atoms with van der Waals surface area (Å²) in [5.41, 5.74) is 9.97. The summed E-state index contributed by atoms with van der Waals surface area (Å²) in [6, 6.07) is 8.08. The second kappa shape index (κ2) is 7.26. The molecule has 0 saturated heterocycles. The lowest BCUT2D eigenvalue weighted by Gasteiger charge is -2.09. The average molecular weight is 317 g/mol. The first-order valence-corrected chi connectivity index (χ1v) is 8.01. The first-order chi connectivity index (χ1) is 10.5. The van der Waals surface area contributed by atoms with Gasteiger partial charge in [-0.3, -0.25) is 4.79 Å². The van der Waals surface area contributed by atoms with Gasteiger partial charge in [0.05, 0.1) is 5.69 Å². The molecule has 0 unspecified atom stereocenters. The first-order valence-electron chi connectivity index (χ1n) is 7.02. The number of rotatable bonds is 6. The lowest BCUT2D eigenvalue weighted by Crippen LogP contribution is -2.00. The summed E-state index contributed by atoms with van der Waals surface area (Å²) < 4.78 is 0. The molecule has 3 N–H and O–H groups in total. The van der Waals surface area contributed by atoms with E-state index >= 15 is 0 Å². The average Bonchev–Trinajstić information content (AvgIpc) is 2.43. The number of nitrogens with two attached hydrogens (primary N) is 1. The Morgan fingerprint density at radius 3 is 2.73 bits per heavy atom. The van der Waals surface area contributed by atoms with Crippen LogP contribution in [0.4, 0.5) is 5.95 Å². The zero-order valence-electron chi connectivity index (χ0n) is 12.7. The third-order valence-electron chi connectivity index (χ3n) is 3.16. The number of thioether (sulfide) groups is 1. The number of carboxylic acid groups (broad SMARTS) is 1. The molecule has 1 heterocycles. The van der Waals surface area contributed by atoms with Crippen molar-refractivity contribution in [2.45, 2.75) is 31.7 Å². The molecular formula is C16H19N3O2S. The summed E-state index contributed by atoms with van der Waals surface area (Å²) in [6.45, 7) is 4.09. The SMILES string of the molecule is Cc1ccc(-c2cc(SCCCC(=O)O)nc(N)n2)c(C)c1. The summed E-state index contributed by atoms with van der Waals surface area (Å²) in [4.78, 5) is 19.0. The number of aromatic nitrogens is 2. The molecule has 22 heavy (non-hydrogen) atoms. The number of carboxylic acids is 1. The molecule has 5 nitrogen and oxygen atoms in total. The standard InChI is InChI=1S/C16H19N3O2S/c1-10-5-6-12(11(2)8-10)13-9-14(19-16(17)18-13)22-7-3-4-15(20)21/h5-6,8-9H,3-4,7H2,1-2H3,(H,20,21)(H2,17,18,19). The molecule has 0 fully saturated rings. The van der Waals surface area contributed by atoms with Gasteiger partial charge < -0.3 is 10.8 Å². The van der Waals surface area contributed by atoms with Crippen LogP contribution in [0.2, 0.25) is 0 Å². The highest BCUT2D eigenvalue weighted by Gasteiger charge is 2.08. The van der Waals surface area contributed by atoms with E-state index in [1.165, 1.54) is 17.3 Å². The van der Waals surface area contributed by atoms with Gasteiger partial charge in [0.2, 0.25) is 5.95 Å². The van der Waals surface area contributed by atoms with Gasteiger partial charge in [-0.25, -0.2) is 9.97 Å². The number of nitrogens with zero attached hydrogens (tertiary/aromatic N) is 2. The number of benzene rings is 1. The van der Waals surface area contributed by atoms with Crippen LogP contribution in [0.3, 0.4) is 0 Å². The van der Waals surface area contributed by atoms with Crippen molar-refractivity contribution in [3.8, 4) is 11.3 Å². The number of anilines is 1. The fourth-order valence-electron chi connectivity index (χ4n) is 2.16. The maximum Gasteiger partial charge on any atom is 0.303 e.